The van der Waals surface area contributed by atoms with Gasteiger partial charge in [-0.2, -0.15) is 0 Å². The lowest BCUT2D eigenvalue weighted by molar-refractivity contribution is -0.118. The molecule has 0 unspecified atom stereocenters. The van der Waals surface area contributed by atoms with Crippen molar-refractivity contribution in [2.24, 2.45) is 0 Å². The summed E-state index contributed by atoms with van der Waals surface area (Å²) in [6, 6.07) is 13.4. The van der Waals surface area contributed by atoms with Crippen LogP contribution in [0.2, 0.25) is 0 Å². The number of amides is 1. The molecule has 0 spiro atoms. The Kier molecular flexibility index (Phi) is 7.67. The van der Waals surface area contributed by atoms with Crippen LogP contribution in [0.5, 0.6) is 5.75 Å². The first-order chi connectivity index (χ1) is 16.9. The number of H-pyrrole nitrogens is 1. The van der Waals surface area contributed by atoms with Gasteiger partial charge >= 0.3 is 5.69 Å². The molecule has 5 N–H and O–H groups in total. The monoisotopic (exact) mass is 483 g/mol. The van der Waals surface area contributed by atoms with Gasteiger partial charge in [-0.15, -0.1) is 0 Å². The predicted molar refractivity (Wildman–Crippen MR) is 124 cm³/mol. The zero-order valence-electron chi connectivity index (χ0n) is 18.5. The number of carbonyl (C=O) groups excluding carboxylic acids is 1. The Bertz CT molecular complexity index is 1250. The Morgan fingerprint density at radius 1 is 1.11 bits per heavy atom. The van der Waals surface area contributed by atoms with Crippen molar-refractivity contribution in [2.45, 2.75) is 31.1 Å². The van der Waals surface area contributed by atoms with Crippen LogP contribution in [0, 0.1) is 0 Å². The van der Waals surface area contributed by atoms with Gasteiger partial charge in [-0.25, -0.2) is 9.78 Å². The fraction of sp³-hybridized carbons (Fsp3) is 0.304. The van der Waals surface area contributed by atoms with Crippen LogP contribution in [0.1, 0.15) is 11.8 Å². The lowest BCUT2D eigenvalue weighted by atomic mass is 10.1. The number of aromatic nitrogens is 3. The number of anilines is 1. The van der Waals surface area contributed by atoms with Gasteiger partial charge in [0.25, 0.3) is 11.5 Å². The summed E-state index contributed by atoms with van der Waals surface area (Å²) in [6.45, 7) is 0.484. The van der Waals surface area contributed by atoms with Gasteiger partial charge in [-0.05, 0) is 29.8 Å². The number of rotatable bonds is 9. The predicted octanol–water partition coefficient (Wildman–Crippen LogP) is -0.642. The highest BCUT2D eigenvalue weighted by Crippen LogP contribution is 2.27. The van der Waals surface area contributed by atoms with E-state index in [-0.39, 0.29) is 19.1 Å². The van der Waals surface area contributed by atoms with Crippen molar-refractivity contribution in [2.75, 3.05) is 18.5 Å². The largest absolute Gasteiger partial charge is 0.484 e. The summed E-state index contributed by atoms with van der Waals surface area (Å²) in [5.41, 5.74) is -0.391. The van der Waals surface area contributed by atoms with E-state index in [1.54, 1.807) is 36.5 Å². The number of hydrogen-bond acceptors (Lipinski definition) is 9. The summed E-state index contributed by atoms with van der Waals surface area (Å²) >= 11 is 0. The molecule has 1 aliphatic heterocycles. The molecule has 4 atom stereocenters. The standard InChI is InChI=1S/C23H25N5O7/c29-18-8-10-28(23(33)27-18)22-21(32)20(31)16(35-22)12-24-11-14-4-6-15(7-5-14)34-13-19(30)26-17-3-1-2-9-25-17/h1-10,16,20-22,24,31-32H,11-13H2,(H,25,26,30)(H,27,29,33)/t16-,20-,21-,22-/m1/s1. The van der Waals surface area contributed by atoms with Crippen molar-refractivity contribution in [3.05, 3.63) is 87.3 Å². The van der Waals surface area contributed by atoms with E-state index in [0.29, 0.717) is 18.1 Å². The molecule has 12 heteroatoms. The zero-order valence-corrected chi connectivity index (χ0v) is 18.5. The Morgan fingerprint density at radius 2 is 1.91 bits per heavy atom. The molecular formula is C23H25N5O7. The Balaban J connectivity index is 1.23. The molecule has 4 rings (SSSR count). The molecule has 0 radical (unpaired) electrons. The van der Waals surface area contributed by atoms with E-state index in [4.69, 9.17) is 9.47 Å². The van der Waals surface area contributed by atoms with E-state index >= 15 is 0 Å². The minimum absolute atomic E-state index is 0.160. The number of nitrogens with zero attached hydrogens (tertiary/aromatic N) is 2. The van der Waals surface area contributed by atoms with Crippen molar-refractivity contribution in [1.82, 2.24) is 19.9 Å². The molecule has 1 saturated heterocycles. The summed E-state index contributed by atoms with van der Waals surface area (Å²) in [6.07, 6.45) is -1.65. The highest BCUT2D eigenvalue weighted by atomic mass is 16.6. The van der Waals surface area contributed by atoms with Gasteiger partial charge in [0.1, 0.15) is 29.9 Å². The van der Waals surface area contributed by atoms with Crippen LogP contribution >= 0.6 is 0 Å². The second kappa shape index (κ2) is 11.1. The molecule has 12 nitrogen and oxygen atoms in total. The van der Waals surface area contributed by atoms with E-state index in [1.807, 2.05) is 12.1 Å². The van der Waals surface area contributed by atoms with Crippen LogP contribution in [0.3, 0.4) is 0 Å². The van der Waals surface area contributed by atoms with Crippen LogP contribution in [0.15, 0.2) is 70.5 Å². The van der Waals surface area contributed by atoms with Crippen LogP contribution in [-0.4, -0.2) is 62.1 Å². The highest BCUT2D eigenvalue weighted by molar-refractivity contribution is 5.90. The molecule has 2 aromatic heterocycles. The van der Waals surface area contributed by atoms with Crippen LogP contribution in [0.25, 0.3) is 0 Å². The number of hydrogen-bond donors (Lipinski definition) is 5. The first-order valence-corrected chi connectivity index (χ1v) is 10.9. The average molecular weight is 483 g/mol. The van der Waals surface area contributed by atoms with Crippen molar-refractivity contribution >= 4 is 11.7 Å². The van der Waals surface area contributed by atoms with E-state index < -0.39 is 35.8 Å². The van der Waals surface area contributed by atoms with E-state index in [9.17, 15) is 24.6 Å². The molecule has 1 amide bonds. The van der Waals surface area contributed by atoms with E-state index in [1.165, 1.54) is 6.20 Å². The van der Waals surface area contributed by atoms with Gasteiger partial charge in [0, 0.05) is 31.5 Å². The number of nitrogens with one attached hydrogen (secondary N) is 3. The van der Waals surface area contributed by atoms with E-state index in [2.05, 4.69) is 20.6 Å². The number of benzene rings is 1. The Labute approximate surface area is 199 Å². The molecule has 0 bridgehead atoms. The molecular weight excluding hydrogens is 458 g/mol. The third-order valence-electron chi connectivity index (χ3n) is 5.36. The summed E-state index contributed by atoms with van der Waals surface area (Å²) in [4.78, 5) is 41.3. The number of carbonyl (C=O) groups is 1. The molecule has 1 aliphatic rings. The van der Waals surface area contributed by atoms with Gasteiger partial charge in [0.15, 0.2) is 12.8 Å². The molecule has 1 aromatic carbocycles. The number of aromatic amines is 1. The highest BCUT2D eigenvalue weighted by Gasteiger charge is 2.43. The lowest BCUT2D eigenvalue weighted by Crippen LogP contribution is -2.38. The number of pyridine rings is 1. The SMILES string of the molecule is O=C(COc1ccc(CNC[C@H]2O[C@@H](n3ccc(=O)[nH]c3=O)[C@H](O)[C@@H]2O)cc1)Nc1ccccn1. The molecule has 35 heavy (non-hydrogen) atoms. The van der Waals surface area contributed by atoms with Gasteiger partial charge in [0.05, 0.1) is 0 Å². The third-order valence-corrected chi connectivity index (χ3v) is 5.36. The van der Waals surface area contributed by atoms with Crippen molar-refractivity contribution in [3.8, 4) is 5.75 Å². The average Bonchev–Trinajstić information content (AvgIpc) is 3.13. The second-order valence-electron chi connectivity index (χ2n) is 7.89. The summed E-state index contributed by atoms with van der Waals surface area (Å²) in [5, 5.41) is 26.4. The first-order valence-electron chi connectivity index (χ1n) is 10.9. The molecule has 3 heterocycles. The van der Waals surface area contributed by atoms with Gasteiger partial charge in [0.2, 0.25) is 0 Å². The fourth-order valence-corrected chi connectivity index (χ4v) is 3.58. The van der Waals surface area contributed by atoms with Crippen LogP contribution in [-0.2, 0) is 16.1 Å². The topological polar surface area (TPSA) is 168 Å². The van der Waals surface area contributed by atoms with Crippen molar-refractivity contribution < 1.29 is 24.5 Å². The van der Waals surface area contributed by atoms with E-state index in [0.717, 1.165) is 16.2 Å². The molecule has 0 saturated carbocycles. The van der Waals surface area contributed by atoms with Crippen LogP contribution < -0.4 is 26.6 Å². The molecule has 3 aromatic rings. The minimum atomic E-state index is -1.34. The van der Waals surface area contributed by atoms with Crippen molar-refractivity contribution in [3.63, 3.8) is 0 Å². The Hall–Kier alpha value is -3.84. The van der Waals surface area contributed by atoms with Crippen molar-refractivity contribution in [1.29, 1.82) is 0 Å². The summed E-state index contributed by atoms with van der Waals surface area (Å²) < 4.78 is 12.2. The Morgan fingerprint density at radius 3 is 2.63 bits per heavy atom. The smallest absolute Gasteiger partial charge is 0.330 e. The molecule has 1 fully saturated rings. The lowest BCUT2D eigenvalue weighted by Gasteiger charge is -2.16. The van der Waals surface area contributed by atoms with Crippen LogP contribution in [0.4, 0.5) is 5.82 Å². The summed E-state index contributed by atoms with van der Waals surface area (Å²) in [5.74, 6) is 0.648. The van der Waals surface area contributed by atoms with Gasteiger partial charge < -0.3 is 30.3 Å². The molecule has 184 valence electrons. The van der Waals surface area contributed by atoms with Gasteiger partial charge in [-0.3, -0.25) is 19.1 Å². The normalized spacial score (nSPS) is 21.5. The molecule has 0 aliphatic carbocycles. The number of ether oxygens (including phenoxy) is 2. The number of aliphatic hydroxyl groups excluding tert-OH is 2. The van der Waals surface area contributed by atoms with Gasteiger partial charge in [-0.1, -0.05) is 18.2 Å². The number of aliphatic hydroxyl groups is 2. The minimum Gasteiger partial charge on any atom is -0.484 e. The maximum absolute atomic E-state index is 12.0. The maximum atomic E-state index is 12.0. The maximum Gasteiger partial charge on any atom is 0.330 e. The third kappa shape index (κ3) is 6.19. The first kappa shape index (κ1) is 24.3. The quantitative estimate of drug-likeness (QED) is 0.266. The summed E-state index contributed by atoms with van der Waals surface area (Å²) in [7, 11) is 0. The zero-order chi connectivity index (χ0) is 24.8. The fourth-order valence-electron chi connectivity index (χ4n) is 3.58. The second-order valence-corrected chi connectivity index (χ2v) is 7.89.